The van der Waals surface area contributed by atoms with Gasteiger partial charge in [0.25, 0.3) is 10.1 Å². The lowest BCUT2D eigenvalue weighted by molar-refractivity contribution is -0.297. The molecule has 0 amide bonds. The molecule has 0 radical (unpaired) electrons. The lowest BCUT2D eigenvalue weighted by Crippen LogP contribution is -2.60. The van der Waals surface area contributed by atoms with Crippen LogP contribution in [0.2, 0.25) is 0 Å². The molecule has 1 fully saturated rings. The summed E-state index contributed by atoms with van der Waals surface area (Å²) < 4.78 is 54.0. The van der Waals surface area contributed by atoms with E-state index in [1.165, 1.54) is 0 Å². The van der Waals surface area contributed by atoms with Gasteiger partial charge in [-0.25, -0.2) is 0 Å². The minimum Gasteiger partial charge on any atom is -0.462 e. The first-order valence-corrected chi connectivity index (χ1v) is 24.7. The van der Waals surface area contributed by atoms with E-state index in [4.69, 9.17) is 18.9 Å². The van der Waals surface area contributed by atoms with Crippen molar-refractivity contribution in [2.75, 3.05) is 19.0 Å². The largest absolute Gasteiger partial charge is 0.462 e. The molecule has 6 atom stereocenters. The van der Waals surface area contributed by atoms with Crippen LogP contribution in [0, 0.1) is 0 Å². The summed E-state index contributed by atoms with van der Waals surface area (Å²) in [6, 6.07) is 0. The van der Waals surface area contributed by atoms with Gasteiger partial charge in [-0.3, -0.25) is 14.1 Å². The van der Waals surface area contributed by atoms with Crippen molar-refractivity contribution >= 4 is 22.1 Å². The fraction of sp³-hybridized carbons (Fsp3) is 0.569. The Hall–Kier alpha value is -3.95. The van der Waals surface area contributed by atoms with Crippen LogP contribution in [0.4, 0.5) is 0 Å². The van der Waals surface area contributed by atoms with Crippen LogP contribution < -0.4 is 0 Å². The minimum absolute atomic E-state index is 0.0700. The highest BCUT2D eigenvalue weighted by Gasteiger charge is 2.46. The van der Waals surface area contributed by atoms with Gasteiger partial charge in [0.15, 0.2) is 12.4 Å². The molecular formula is C51H78O12S. The van der Waals surface area contributed by atoms with E-state index in [1.807, 2.05) is 12.2 Å². The molecular weight excluding hydrogens is 837 g/mol. The van der Waals surface area contributed by atoms with Gasteiger partial charge in [-0.2, -0.15) is 8.42 Å². The summed E-state index contributed by atoms with van der Waals surface area (Å²) in [5.74, 6) is -2.12. The zero-order valence-electron chi connectivity index (χ0n) is 38.3. The molecule has 0 bridgehead atoms. The first kappa shape index (κ1) is 58.1. The molecule has 0 spiro atoms. The van der Waals surface area contributed by atoms with Crippen molar-refractivity contribution in [2.45, 2.75) is 166 Å². The van der Waals surface area contributed by atoms with E-state index in [2.05, 4.69) is 123 Å². The standard InChI is InChI=1S/C51H78O12S/c1-3-5-7-9-11-13-15-17-19-21-22-24-25-27-29-31-33-35-37-39-46(52)60-41-44(42-61-51-50(56)49(55)48(54)45(63-51)43-64(57,58)59)62-47(53)40-38-36-34-32-30-28-26-23-20-18-16-14-12-10-8-6-4-2/h5-8,11-14,17-20,22,24,26-29,32,34,44-45,48-51,54-56H,3-4,9-10,15-16,21,23,25,30-31,33,35-43H2,1-2H3,(H,57,58,59)/b7-5+,8-6+,13-11+,14-12+,19-17+,20-18+,24-22+,28-26+,29-27+,34-32+/t44-,45-,48-,49?,50?,51+/m1/s1. The van der Waals surface area contributed by atoms with Crippen molar-refractivity contribution in [2.24, 2.45) is 0 Å². The Balaban J connectivity index is 2.52. The predicted molar refractivity (Wildman–Crippen MR) is 256 cm³/mol. The molecule has 2 unspecified atom stereocenters. The van der Waals surface area contributed by atoms with Crippen molar-refractivity contribution in [1.82, 2.24) is 0 Å². The second kappa shape index (κ2) is 39.4. The molecule has 64 heavy (non-hydrogen) atoms. The topological polar surface area (TPSA) is 186 Å². The maximum Gasteiger partial charge on any atom is 0.306 e. The summed E-state index contributed by atoms with van der Waals surface area (Å²) in [5.41, 5.74) is 0. The van der Waals surface area contributed by atoms with Gasteiger partial charge in [0.05, 0.1) is 6.61 Å². The normalized spacial score (nSPS) is 20.8. The van der Waals surface area contributed by atoms with Gasteiger partial charge in [0, 0.05) is 12.8 Å². The van der Waals surface area contributed by atoms with E-state index in [0.717, 1.165) is 83.5 Å². The molecule has 0 aliphatic carbocycles. The summed E-state index contributed by atoms with van der Waals surface area (Å²) in [4.78, 5) is 25.4. The second-order valence-corrected chi connectivity index (χ2v) is 16.8. The van der Waals surface area contributed by atoms with Gasteiger partial charge in [-0.1, -0.05) is 142 Å². The lowest BCUT2D eigenvalue weighted by Gasteiger charge is -2.40. The van der Waals surface area contributed by atoms with E-state index in [0.29, 0.717) is 19.3 Å². The van der Waals surface area contributed by atoms with Crippen LogP contribution in [0.25, 0.3) is 0 Å². The molecule has 1 aliphatic rings. The van der Waals surface area contributed by atoms with Crippen LogP contribution in [0.3, 0.4) is 0 Å². The zero-order valence-corrected chi connectivity index (χ0v) is 39.1. The number of rotatable bonds is 36. The van der Waals surface area contributed by atoms with Gasteiger partial charge in [-0.05, 0) is 96.3 Å². The van der Waals surface area contributed by atoms with Crippen LogP contribution in [0.1, 0.15) is 129 Å². The molecule has 1 saturated heterocycles. The van der Waals surface area contributed by atoms with Crippen LogP contribution in [0.5, 0.6) is 0 Å². The van der Waals surface area contributed by atoms with Crippen LogP contribution in [0.15, 0.2) is 122 Å². The average molecular weight is 915 g/mol. The van der Waals surface area contributed by atoms with Crippen molar-refractivity contribution in [3.63, 3.8) is 0 Å². The molecule has 12 nitrogen and oxygen atoms in total. The zero-order chi connectivity index (χ0) is 46.9. The highest BCUT2D eigenvalue weighted by atomic mass is 32.2. The number of aliphatic hydroxyl groups excluding tert-OH is 3. The van der Waals surface area contributed by atoms with E-state index < -0.39 is 71.2 Å². The van der Waals surface area contributed by atoms with Crippen LogP contribution >= 0.6 is 0 Å². The molecule has 360 valence electrons. The van der Waals surface area contributed by atoms with Gasteiger partial charge >= 0.3 is 11.9 Å². The molecule has 1 aliphatic heterocycles. The number of hydrogen-bond donors (Lipinski definition) is 4. The number of allylic oxidation sites excluding steroid dienone is 20. The molecule has 4 N–H and O–H groups in total. The smallest absolute Gasteiger partial charge is 0.306 e. The molecule has 1 heterocycles. The Bertz CT molecular complexity index is 1640. The van der Waals surface area contributed by atoms with Crippen LogP contribution in [-0.2, 0) is 38.7 Å². The fourth-order valence-electron chi connectivity index (χ4n) is 6.03. The Kier molecular flexibility index (Phi) is 35.8. The summed E-state index contributed by atoms with van der Waals surface area (Å²) >= 11 is 0. The Morgan fingerprint density at radius 3 is 1.41 bits per heavy atom. The number of carbonyl (C=O) groups is 2. The molecule has 13 heteroatoms. The number of carbonyl (C=O) groups excluding carboxylic acids is 2. The minimum atomic E-state index is -4.62. The number of aliphatic hydroxyl groups is 3. The van der Waals surface area contributed by atoms with Crippen molar-refractivity contribution in [1.29, 1.82) is 0 Å². The van der Waals surface area contributed by atoms with Crippen molar-refractivity contribution in [3.8, 4) is 0 Å². The maximum absolute atomic E-state index is 12.8. The highest BCUT2D eigenvalue weighted by molar-refractivity contribution is 7.85. The molecule has 0 aromatic rings. The maximum atomic E-state index is 12.8. The monoisotopic (exact) mass is 915 g/mol. The van der Waals surface area contributed by atoms with Gasteiger partial charge in [0.2, 0.25) is 0 Å². The average Bonchev–Trinajstić information content (AvgIpc) is 3.26. The van der Waals surface area contributed by atoms with Gasteiger partial charge in [-0.15, -0.1) is 0 Å². The summed E-state index contributed by atoms with van der Waals surface area (Å²) in [6.45, 7) is 3.44. The molecule has 0 aromatic heterocycles. The SMILES string of the molecule is CC/C=C/C/C=C/C/C=C/C/C=C/C/C=C/CCCCCC(=O)OC[C@H](CO[C@H]1O[C@H](CS(=O)(=O)O)[C@@H](O)C(O)C1O)OC(=O)CCC/C=C/C/C=C/C/C=C/C/C=C/C/C=C/CC. The first-order valence-electron chi connectivity index (χ1n) is 23.1. The lowest BCUT2D eigenvalue weighted by atomic mass is 10.00. The van der Waals surface area contributed by atoms with E-state index in [9.17, 15) is 37.9 Å². The van der Waals surface area contributed by atoms with Crippen LogP contribution in [-0.4, -0.2) is 96.0 Å². The highest BCUT2D eigenvalue weighted by Crippen LogP contribution is 2.24. The number of ether oxygens (including phenoxy) is 4. The third-order valence-corrected chi connectivity index (χ3v) is 10.3. The second-order valence-electron chi connectivity index (χ2n) is 15.3. The predicted octanol–water partition coefficient (Wildman–Crippen LogP) is 9.78. The Labute approximate surface area is 384 Å². The first-order chi connectivity index (χ1) is 31.0. The van der Waals surface area contributed by atoms with Crippen molar-refractivity contribution in [3.05, 3.63) is 122 Å². The quantitative estimate of drug-likeness (QED) is 0.0202. The molecule has 0 aromatic carbocycles. The summed E-state index contributed by atoms with van der Waals surface area (Å²) in [7, 11) is -4.62. The number of hydrogen-bond acceptors (Lipinski definition) is 11. The third kappa shape index (κ3) is 33.5. The fourth-order valence-corrected chi connectivity index (χ4v) is 6.72. The van der Waals surface area contributed by atoms with E-state index >= 15 is 0 Å². The molecule has 1 rings (SSSR count). The third-order valence-electron chi connectivity index (χ3n) is 9.54. The Morgan fingerprint density at radius 2 is 0.953 bits per heavy atom. The van der Waals surface area contributed by atoms with Crippen molar-refractivity contribution < 1.29 is 56.8 Å². The van der Waals surface area contributed by atoms with E-state index in [1.54, 1.807) is 0 Å². The number of unbranched alkanes of at least 4 members (excludes halogenated alkanes) is 4. The summed E-state index contributed by atoms with van der Waals surface area (Å²) in [5, 5.41) is 30.9. The number of esters is 2. The summed E-state index contributed by atoms with van der Waals surface area (Å²) in [6.07, 6.45) is 46.7. The Morgan fingerprint density at radius 1 is 0.531 bits per heavy atom. The van der Waals surface area contributed by atoms with Gasteiger partial charge < -0.3 is 34.3 Å². The van der Waals surface area contributed by atoms with Gasteiger partial charge in [0.1, 0.15) is 36.8 Å². The molecule has 0 saturated carbocycles. The van der Waals surface area contributed by atoms with E-state index in [-0.39, 0.29) is 19.4 Å².